The number of hydrogen-bond donors (Lipinski definition) is 0. The normalized spacial score (nSPS) is 19.5. The second kappa shape index (κ2) is 12.8. The summed E-state index contributed by atoms with van der Waals surface area (Å²) in [5.74, 6) is 0.457. The Balaban J connectivity index is 1.31. The first kappa shape index (κ1) is 28.6. The average molecular weight is 578 g/mol. The zero-order chi connectivity index (χ0) is 29.1. The molecule has 0 aliphatic carbocycles. The molecular weight excluding hydrogens is 540 g/mol. The lowest BCUT2D eigenvalue weighted by molar-refractivity contribution is -0.141. The van der Waals surface area contributed by atoms with Gasteiger partial charge in [-0.2, -0.15) is 0 Å². The van der Waals surface area contributed by atoms with Crippen LogP contribution in [0.25, 0.3) is 11.1 Å². The van der Waals surface area contributed by atoms with Gasteiger partial charge in [-0.1, -0.05) is 12.1 Å². The maximum absolute atomic E-state index is 15.1. The number of rotatable bonds is 8. The minimum Gasteiger partial charge on any atom is -0.488 e. The lowest BCUT2D eigenvalue weighted by atomic mass is 9.87. The first-order valence-electron chi connectivity index (χ1n) is 14.7. The molecule has 1 unspecified atom stereocenters. The zero-order valence-corrected chi connectivity index (χ0v) is 24.1. The Labute approximate surface area is 245 Å². The van der Waals surface area contributed by atoms with E-state index in [1.807, 2.05) is 18.2 Å². The second-order valence-electron chi connectivity index (χ2n) is 11.0. The summed E-state index contributed by atoms with van der Waals surface area (Å²) in [5.41, 5.74) is 4.74. The fraction of sp³-hybridized carbons (Fsp3) is 0.412. The van der Waals surface area contributed by atoms with Crippen molar-refractivity contribution in [3.63, 3.8) is 0 Å². The van der Waals surface area contributed by atoms with E-state index in [1.54, 1.807) is 14.2 Å². The van der Waals surface area contributed by atoms with Crippen LogP contribution in [0.5, 0.6) is 11.5 Å². The van der Waals surface area contributed by atoms with E-state index in [1.165, 1.54) is 12.1 Å². The number of benzene rings is 3. The van der Waals surface area contributed by atoms with Crippen molar-refractivity contribution in [3.8, 4) is 11.5 Å². The number of ether oxygens (including phenoxy) is 5. The molecule has 2 saturated heterocycles. The molecule has 42 heavy (non-hydrogen) atoms. The maximum Gasteiger partial charge on any atom is 0.199 e. The third kappa shape index (κ3) is 6.02. The standard InChI is InChI=1S/C34H37F2NO5/c1-38-34(39-2)23-14-16-37(17-15-23)25-9-6-22(7-10-25)33-28-13-11-26(42-32-5-3-4-18-40-32)20-31(28)41-21-29(33)27-12-8-24(35)19-30(27)36/h6-13,19-20,23,32,34H,3-5,14-18,21H2,1-2H3. The number of hydrogen-bond acceptors (Lipinski definition) is 6. The number of halogens is 2. The Bertz CT molecular complexity index is 1410. The van der Waals surface area contributed by atoms with Gasteiger partial charge in [0, 0.05) is 74.2 Å². The van der Waals surface area contributed by atoms with E-state index < -0.39 is 11.6 Å². The summed E-state index contributed by atoms with van der Waals surface area (Å²) in [6.45, 7) is 2.66. The topological polar surface area (TPSA) is 49.4 Å². The molecular formula is C34H37F2NO5. The first-order chi connectivity index (χ1) is 20.5. The Kier molecular flexibility index (Phi) is 8.74. The Morgan fingerprint density at radius 2 is 1.62 bits per heavy atom. The molecule has 222 valence electrons. The minimum absolute atomic E-state index is 0.143. The third-order valence-corrected chi connectivity index (χ3v) is 8.47. The van der Waals surface area contributed by atoms with Crippen molar-refractivity contribution < 1.29 is 32.5 Å². The van der Waals surface area contributed by atoms with Crippen LogP contribution < -0.4 is 14.4 Å². The van der Waals surface area contributed by atoms with Crippen LogP contribution in [0, 0.1) is 17.6 Å². The lowest BCUT2D eigenvalue weighted by Crippen LogP contribution is -2.39. The summed E-state index contributed by atoms with van der Waals surface area (Å²) in [6.07, 6.45) is 4.47. The molecule has 1 atom stereocenters. The molecule has 0 amide bonds. The number of nitrogens with zero attached hydrogens (tertiary/aromatic N) is 1. The van der Waals surface area contributed by atoms with Crippen molar-refractivity contribution in [2.45, 2.75) is 44.7 Å². The van der Waals surface area contributed by atoms with Gasteiger partial charge in [0.1, 0.15) is 29.7 Å². The molecule has 8 heteroatoms. The molecule has 0 N–H and O–H groups in total. The molecule has 3 aromatic rings. The first-order valence-corrected chi connectivity index (χ1v) is 14.7. The van der Waals surface area contributed by atoms with E-state index in [0.29, 0.717) is 35.2 Å². The summed E-state index contributed by atoms with van der Waals surface area (Å²) in [6, 6.07) is 17.8. The smallest absolute Gasteiger partial charge is 0.199 e. The van der Waals surface area contributed by atoms with E-state index in [0.717, 1.165) is 73.6 Å². The average Bonchev–Trinajstić information content (AvgIpc) is 3.02. The van der Waals surface area contributed by atoms with Crippen molar-refractivity contribution in [2.75, 3.05) is 45.4 Å². The summed E-state index contributed by atoms with van der Waals surface area (Å²) in [4.78, 5) is 2.37. The van der Waals surface area contributed by atoms with Crippen LogP contribution in [0.15, 0.2) is 60.7 Å². The molecule has 3 heterocycles. The van der Waals surface area contributed by atoms with Gasteiger partial charge < -0.3 is 28.6 Å². The van der Waals surface area contributed by atoms with Crippen LogP contribution in [0.1, 0.15) is 48.8 Å². The van der Waals surface area contributed by atoms with Crippen molar-refractivity contribution in [1.82, 2.24) is 0 Å². The number of fused-ring (bicyclic) bond motifs is 1. The van der Waals surface area contributed by atoms with E-state index in [4.69, 9.17) is 23.7 Å². The third-order valence-electron chi connectivity index (χ3n) is 8.47. The molecule has 3 aliphatic heterocycles. The van der Waals surface area contributed by atoms with Gasteiger partial charge in [0.25, 0.3) is 0 Å². The number of piperidine rings is 1. The molecule has 0 aromatic heterocycles. The molecule has 2 fully saturated rings. The molecule has 6 rings (SSSR count). The van der Waals surface area contributed by atoms with Gasteiger partial charge >= 0.3 is 0 Å². The molecule has 3 aliphatic rings. The Morgan fingerprint density at radius 1 is 0.857 bits per heavy atom. The van der Waals surface area contributed by atoms with Crippen LogP contribution in [0.3, 0.4) is 0 Å². The molecule has 0 spiro atoms. The highest BCUT2D eigenvalue weighted by Gasteiger charge is 2.28. The predicted molar refractivity (Wildman–Crippen MR) is 158 cm³/mol. The predicted octanol–water partition coefficient (Wildman–Crippen LogP) is 7.06. The SMILES string of the molecule is COC(OC)C1CCN(c2ccc(C3=C(c4ccc(F)cc4F)COc4cc(OC5CCCCO5)ccc43)cc2)CC1. The maximum atomic E-state index is 15.1. The molecule has 3 aromatic carbocycles. The highest BCUT2D eigenvalue weighted by Crippen LogP contribution is 2.43. The largest absolute Gasteiger partial charge is 0.488 e. The zero-order valence-electron chi connectivity index (χ0n) is 24.1. The van der Waals surface area contributed by atoms with Crippen molar-refractivity contribution in [3.05, 3.63) is 89.0 Å². The number of anilines is 1. The quantitative estimate of drug-likeness (QED) is 0.267. The van der Waals surface area contributed by atoms with Crippen molar-refractivity contribution >= 4 is 16.8 Å². The molecule has 0 saturated carbocycles. The van der Waals surface area contributed by atoms with E-state index in [2.05, 4.69) is 29.2 Å². The monoisotopic (exact) mass is 577 g/mol. The second-order valence-corrected chi connectivity index (χ2v) is 11.0. The number of methoxy groups -OCH3 is 2. The van der Waals surface area contributed by atoms with Gasteiger partial charge in [-0.25, -0.2) is 8.78 Å². The highest BCUT2D eigenvalue weighted by molar-refractivity contribution is 6.02. The Morgan fingerprint density at radius 3 is 2.31 bits per heavy atom. The van der Waals surface area contributed by atoms with Crippen LogP contribution in [0.4, 0.5) is 14.5 Å². The van der Waals surface area contributed by atoms with Gasteiger partial charge in [0.15, 0.2) is 12.6 Å². The minimum atomic E-state index is -0.617. The van der Waals surface area contributed by atoms with Crippen molar-refractivity contribution in [1.29, 1.82) is 0 Å². The van der Waals surface area contributed by atoms with Gasteiger partial charge in [0.2, 0.25) is 0 Å². The van der Waals surface area contributed by atoms with Gasteiger partial charge in [0.05, 0.1) is 6.61 Å². The molecule has 6 nitrogen and oxygen atoms in total. The summed E-state index contributed by atoms with van der Waals surface area (Å²) in [7, 11) is 3.38. The summed E-state index contributed by atoms with van der Waals surface area (Å²) < 4.78 is 57.8. The van der Waals surface area contributed by atoms with Gasteiger partial charge in [-0.05, 0) is 73.2 Å². The highest BCUT2D eigenvalue weighted by atomic mass is 19.1. The van der Waals surface area contributed by atoms with Crippen LogP contribution in [-0.2, 0) is 14.2 Å². The van der Waals surface area contributed by atoms with E-state index in [9.17, 15) is 4.39 Å². The molecule has 0 radical (unpaired) electrons. The van der Waals surface area contributed by atoms with Gasteiger partial charge in [-0.3, -0.25) is 0 Å². The van der Waals surface area contributed by atoms with Crippen molar-refractivity contribution in [2.24, 2.45) is 5.92 Å². The van der Waals surface area contributed by atoms with Crippen LogP contribution in [0.2, 0.25) is 0 Å². The van der Waals surface area contributed by atoms with Crippen LogP contribution >= 0.6 is 0 Å². The Hall–Kier alpha value is -3.46. The van der Waals surface area contributed by atoms with E-state index in [-0.39, 0.29) is 19.2 Å². The molecule has 0 bridgehead atoms. The van der Waals surface area contributed by atoms with Crippen LogP contribution in [-0.4, -0.2) is 53.1 Å². The summed E-state index contributed by atoms with van der Waals surface area (Å²) in [5, 5.41) is 0. The summed E-state index contributed by atoms with van der Waals surface area (Å²) >= 11 is 0. The fourth-order valence-corrected chi connectivity index (χ4v) is 6.27. The van der Waals surface area contributed by atoms with E-state index >= 15 is 4.39 Å². The van der Waals surface area contributed by atoms with Gasteiger partial charge in [-0.15, -0.1) is 0 Å². The lowest BCUT2D eigenvalue weighted by Gasteiger charge is -2.36. The fourth-order valence-electron chi connectivity index (χ4n) is 6.27.